The maximum absolute atomic E-state index is 12.4. The molecule has 1 heterocycles. The minimum absolute atomic E-state index is 0.184. The van der Waals surface area contributed by atoms with Gasteiger partial charge in [0.05, 0.1) is 39.1 Å². The zero-order valence-corrected chi connectivity index (χ0v) is 16.8. The molecule has 1 aliphatic carbocycles. The number of esters is 1. The Labute approximate surface area is 168 Å². The Morgan fingerprint density at radius 1 is 1.10 bits per heavy atom. The van der Waals surface area contributed by atoms with Crippen molar-refractivity contribution in [2.75, 3.05) is 33.3 Å². The van der Waals surface area contributed by atoms with E-state index in [2.05, 4.69) is 10.4 Å². The van der Waals surface area contributed by atoms with Gasteiger partial charge in [0.25, 0.3) is 5.91 Å². The van der Waals surface area contributed by atoms with Crippen LogP contribution in [0.3, 0.4) is 0 Å². The third-order valence-corrected chi connectivity index (χ3v) is 4.84. The van der Waals surface area contributed by atoms with Crippen LogP contribution in [0.15, 0.2) is 24.4 Å². The van der Waals surface area contributed by atoms with Crippen LogP contribution in [-0.4, -0.2) is 49.6 Å². The molecule has 1 N–H and O–H groups in total. The summed E-state index contributed by atoms with van der Waals surface area (Å²) in [4.78, 5) is 24.7. The number of hydrogen-bond acceptors (Lipinski definition) is 7. The van der Waals surface area contributed by atoms with Crippen molar-refractivity contribution in [1.82, 2.24) is 9.78 Å². The molecule has 3 rings (SSSR count). The Morgan fingerprint density at radius 3 is 2.34 bits per heavy atom. The first kappa shape index (κ1) is 20.5. The maximum Gasteiger partial charge on any atom is 0.338 e. The number of carbonyl (C=O) groups excluding carboxylic acids is 2. The number of hydrogen-bond donors (Lipinski definition) is 1. The normalized spacial score (nSPS) is 13.8. The zero-order valence-electron chi connectivity index (χ0n) is 16.8. The molecular formula is C20H25N3O6. The molecule has 0 spiro atoms. The molecule has 1 saturated carbocycles. The van der Waals surface area contributed by atoms with E-state index in [1.165, 1.54) is 33.5 Å². The average Bonchev–Trinajstić information content (AvgIpc) is 3.42. The fraction of sp³-hybridized carbons (Fsp3) is 0.450. The second kappa shape index (κ2) is 9.31. The standard InChI is InChI=1S/C20H25N3O6/c1-26-15-10-13(11-16(27-2)19(15)28-3)20(25)29-12-18(24)22-17-8-9-21-23(17)14-6-4-5-7-14/h8-11,14H,4-7,12H2,1-3H3,(H,22,24). The van der Waals surface area contributed by atoms with Crippen LogP contribution in [0.25, 0.3) is 0 Å². The minimum Gasteiger partial charge on any atom is -0.493 e. The number of rotatable bonds is 8. The highest BCUT2D eigenvalue weighted by atomic mass is 16.5. The number of anilines is 1. The lowest BCUT2D eigenvalue weighted by molar-refractivity contribution is -0.119. The van der Waals surface area contributed by atoms with Crippen LogP contribution >= 0.6 is 0 Å². The predicted molar refractivity (Wildman–Crippen MR) is 105 cm³/mol. The highest BCUT2D eigenvalue weighted by Crippen LogP contribution is 2.38. The lowest BCUT2D eigenvalue weighted by Gasteiger charge is -2.15. The van der Waals surface area contributed by atoms with Gasteiger partial charge in [-0.2, -0.15) is 5.10 Å². The molecule has 29 heavy (non-hydrogen) atoms. The Bertz CT molecular complexity index is 848. The molecule has 0 bridgehead atoms. The molecule has 2 aromatic rings. The van der Waals surface area contributed by atoms with Crippen molar-refractivity contribution in [3.8, 4) is 17.2 Å². The van der Waals surface area contributed by atoms with Crippen LogP contribution in [0, 0.1) is 0 Å². The van der Waals surface area contributed by atoms with Gasteiger partial charge in [-0.3, -0.25) is 4.79 Å². The first-order valence-corrected chi connectivity index (χ1v) is 9.37. The van der Waals surface area contributed by atoms with Crippen molar-refractivity contribution in [2.24, 2.45) is 0 Å². The van der Waals surface area contributed by atoms with E-state index >= 15 is 0 Å². The largest absolute Gasteiger partial charge is 0.493 e. The van der Waals surface area contributed by atoms with Crippen LogP contribution in [0.2, 0.25) is 0 Å². The monoisotopic (exact) mass is 403 g/mol. The third-order valence-electron chi connectivity index (χ3n) is 4.84. The van der Waals surface area contributed by atoms with Gasteiger partial charge in [-0.1, -0.05) is 12.8 Å². The highest BCUT2D eigenvalue weighted by Gasteiger charge is 2.22. The van der Waals surface area contributed by atoms with Crippen LogP contribution in [0.5, 0.6) is 17.2 Å². The average molecular weight is 403 g/mol. The summed E-state index contributed by atoms with van der Waals surface area (Å²) in [6, 6.07) is 4.96. The molecule has 0 saturated heterocycles. The molecule has 1 amide bonds. The van der Waals surface area contributed by atoms with Crippen LogP contribution in [-0.2, 0) is 9.53 Å². The van der Waals surface area contributed by atoms with E-state index in [1.54, 1.807) is 12.3 Å². The molecule has 0 radical (unpaired) electrons. The van der Waals surface area contributed by atoms with E-state index in [9.17, 15) is 9.59 Å². The summed E-state index contributed by atoms with van der Waals surface area (Å²) in [5.41, 5.74) is 0.184. The number of benzene rings is 1. The molecular weight excluding hydrogens is 378 g/mol. The number of amides is 1. The van der Waals surface area contributed by atoms with Crippen molar-refractivity contribution >= 4 is 17.7 Å². The first-order valence-electron chi connectivity index (χ1n) is 9.37. The minimum atomic E-state index is -0.677. The van der Waals surface area contributed by atoms with Crippen LogP contribution < -0.4 is 19.5 Å². The molecule has 9 heteroatoms. The van der Waals surface area contributed by atoms with Crippen molar-refractivity contribution in [1.29, 1.82) is 0 Å². The van der Waals surface area contributed by atoms with E-state index in [1.807, 2.05) is 4.68 Å². The number of nitrogens with zero attached hydrogens (tertiary/aromatic N) is 2. The van der Waals surface area contributed by atoms with Gasteiger partial charge in [0.1, 0.15) is 5.82 Å². The van der Waals surface area contributed by atoms with E-state index in [-0.39, 0.29) is 5.56 Å². The van der Waals surface area contributed by atoms with Crippen LogP contribution in [0.4, 0.5) is 5.82 Å². The van der Waals surface area contributed by atoms with Crippen molar-refractivity contribution < 1.29 is 28.5 Å². The molecule has 0 aliphatic heterocycles. The molecule has 1 aliphatic rings. The van der Waals surface area contributed by atoms with Gasteiger partial charge in [-0.25, -0.2) is 9.48 Å². The molecule has 0 unspecified atom stereocenters. The number of aromatic nitrogens is 2. The molecule has 9 nitrogen and oxygen atoms in total. The van der Waals surface area contributed by atoms with E-state index < -0.39 is 18.5 Å². The smallest absolute Gasteiger partial charge is 0.338 e. The predicted octanol–water partition coefficient (Wildman–Crippen LogP) is 2.82. The van der Waals surface area contributed by atoms with E-state index in [0.29, 0.717) is 29.1 Å². The van der Waals surface area contributed by atoms with Gasteiger partial charge in [0.2, 0.25) is 5.75 Å². The second-order valence-electron chi connectivity index (χ2n) is 6.64. The summed E-state index contributed by atoms with van der Waals surface area (Å²) in [5.74, 6) is 0.497. The van der Waals surface area contributed by atoms with Gasteiger partial charge >= 0.3 is 5.97 Å². The summed E-state index contributed by atoms with van der Waals surface area (Å²) >= 11 is 0. The summed E-state index contributed by atoms with van der Waals surface area (Å²) in [6.07, 6.45) is 6.05. The molecule has 1 aromatic carbocycles. The Hall–Kier alpha value is -3.23. The summed E-state index contributed by atoms with van der Waals surface area (Å²) < 4.78 is 22.6. The lowest BCUT2D eigenvalue weighted by atomic mass is 10.2. The van der Waals surface area contributed by atoms with Gasteiger partial charge in [0, 0.05) is 6.07 Å². The van der Waals surface area contributed by atoms with E-state index in [4.69, 9.17) is 18.9 Å². The number of methoxy groups -OCH3 is 3. The molecule has 1 aromatic heterocycles. The van der Waals surface area contributed by atoms with Crippen molar-refractivity contribution in [3.05, 3.63) is 30.0 Å². The number of carbonyl (C=O) groups is 2. The molecule has 156 valence electrons. The van der Waals surface area contributed by atoms with Gasteiger partial charge in [-0.05, 0) is 25.0 Å². The van der Waals surface area contributed by atoms with Crippen molar-refractivity contribution in [2.45, 2.75) is 31.7 Å². The van der Waals surface area contributed by atoms with E-state index in [0.717, 1.165) is 25.7 Å². The van der Waals surface area contributed by atoms with Gasteiger partial charge in [0.15, 0.2) is 18.1 Å². The maximum atomic E-state index is 12.4. The first-order chi connectivity index (χ1) is 14.1. The number of ether oxygens (including phenoxy) is 4. The third kappa shape index (κ3) is 4.61. The summed E-state index contributed by atoms with van der Waals surface area (Å²) in [5, 5.41) is 7.06. The van der Waals surface area contributed by atoms with Crippen molar-refractivity contribution in [3.63, 3.8) is 0 Å². The highest BCUT2D eigenvalue weighted by molar-refractivity contribution is 5.95. The second-order valence-corrected chi connectivity index (χ2v) is 6.64. The summed E-state index contributed by atoms with van der Waals surface area (Å²) in [6.45, 7) is -0.425. The Balaban J connectivity index is 1.62. The lowest BCUT2D eigenvalue weighted by Crippen LogP contribution is -2.23. The Kier molecular flexibility index (Phi) is 6.58. The fourth-order valence-corrected chi connectivity index (χ4v) is 3.45. The SMILES string of the molecule is COc1cc(C(=O)OCC(=O)Nc2ccnn2C2CCCC2)cc(OC)c1OC. The summed E-state index contributed by atoms with van der Waals surface area (Å²) in [7, 11) is 4.37. The molecule has 1 fully saturated rings. The zero-order chi connectivity index (χ0) is 20.8. The fourth-order valence-electron chi connectivity index (χ4n) is 3.45. The van der Waals surface area contributed by atoms with Gasteiger partial charge < -0.3 is 24.3 Å². The van der Waals surface area contributed by atoms with Gasteiger partial charge in [-0.15, -0.1) is 0 Å². The number of nitrogens with one attached hydrogen (secondary N) is 1. The topological polar surface area (TPSA) is 101 Å². The quantitative estimate of drug-likeness (QED) is 0.676. The Morgan fingerprint density at radius 2 is 1.76 bits per heavy atom. The van der Waals surface area contributed by atoms with Crippen LogP contribution in [0.1, 0.15) is 42.1 Å². The molecule has 0 atom stereocenters.